The Hall–Kier alpha value is -3.17. The molecule has 2 amide bonds. The minimum Gasteiger partial charge on any atom is -0.355 e. The molecule has 0 saturated carbocycles. The lowest BCUT2D eigenvalue weighted by atomic mass is 10.1. The maximum Gasteiger partial charge on any atom is 0.264 e. The second-order valence-corrected chi connectivity index (χ2v) is 10.5. The fraction of sp³-hybridized carbons (Fsp3) is 0.217. The van der Waals surface area contributed by atoms with E-state index in [2.05, 4.69) is 10.6 Å². The maximum atomic E-state index is 12.9. The molecule has 1 aromatic heterocycles. The summed E-state index contributed by atoms with van der Waals surface area (Å²) in [6, 6.07) is 14.5. The lowest BCUT2D eigenvalue weighted by Gasteiger charge is -2.19. The van der Waals surface area contributed by atoms with Gasteiger partial charge in [-0.25, -0.2) is 8.42 Å². The molecule has 0 unspecified atom stereocenters. The Kier molecular flexibility index (Phi) is 6.03. The molecule has 1 heterocycles. The number of carbonyl (C=O) groups excluding carboxylic acids is 2. The van der Waals surface area contributed by atoms with E-state index in [4.69, 9.17) is 0 Å². The van der Waals surface area contributed by atoms with Crippen LogP contribution in [0.1, 0.15) is 37.6 Å². The number of anilines is 2. The Morgan fingerprint density at radius 3 is 2.31 bits per heavy atom. The van der Waals surface area contributed by atoms with Crippen LogP contribution in [0.15, 0.2) is 59.5 Å². The molecule has 32 heavy (non-hydrogen) atoms. The molecule has 0 radical (unpaired) electrons. The van der Waals surface area contributed by atoms with Gasteiger partial charge in [0, 0.05) is 24.5 Å². The van der Waals surface area contributed by atoms with Crippen LogP contribution in [0.2, 0.25) is 0 Å². The lowest BCUT2D eigenvalue weighted by molar-refractivity contribution is 0.0963. The van der Waals surface area contributed by atoms with E-state index in [0.717, 1.165) is 29.7 Å². The molecule has 1 aliphatic rings. The summed E-state index contributed by atoms with van der Waals surface area (Å²) in [6.45, 7) is 0. The third kappa shape index (κ3) is 4.01. The average Bonchev–Trinajstić information content (AvgIpc) is 3.39. The highest BCUT2D eigenvalue weighted by Crippen LogP contribution is 2.39. The molecule has 9 heteroatoms. The van der Waals surface area contributed by atoms with Gasteiger partial charge in [-0.05, 0) is 61.2 Å². The number of nitrogens with zero attached hydrogens (tertiary/aromatic N) is 1. The number of hydrogen-bond donors (Lipinski definition) is 2. The van der Waals surface area contributed by atoms with Crippen molar-refractivity contribution in [1.82, 2.24) is 5.32 Å². The number of carbonyl (C=O) groups is 2. The van der Waals surface area contributed by atoms with Gasteiger partial charge in [-0.2, -0.15) is 0 Å². The van der Waals surface area contributed by atoms with E-state index in [1.807, 2.05) is 6.07 Å². The van der Waals surface area contributed by atoms with Crippen LogP contribution in [-0.4, -0.2) is 34.3 Å². The number of hydrogen-bond acceptors (Lipinski definition) is 5. The molecule has 2 N–H and O–H groups in total. The van der Waals surface area contributed by atoms with Crippen LogP contribution in [0.25, 0.3) is 0 Å². The molecule has 0 aliphatic heterocycles. The van der Waals surface area contributed by atoms with Crippen LogP contribution in [0.5, 0.6) is 0 Å². The van der Waals surface area contributed by atoms with Crippen LogP contribution in [0, 0.1) is 0 Å². The molecule has 3 aromatic rings. The molecule has 0 fully saturated rings. The predicted molar refractivity (Wildman–Crippen MR) is 126 cm³/mol. The number of sulfonamides is 1. The Morgan fingerprint density at radius 1 is 0.969 bits per heavy atom. The van der Waals surface area contributed by atoms with Crippen LogP contribution < -0.4 is 14.9 Å². The van der Waals surface area contributed by atoms with E-state index in [0.29, 0.717) is 21.8 Å². The van der Waals surface area contributed by atoms with Gasteiger partial charge in [0.05, 0.1) is 16.1 Å². The summed E-state index contributed by atoms with van der Waals surface area (Å²) in [5.41, 5.74) is 2.39. The highest BCUT2D eigenvalue weighted by atomic mass is 32.2. The van der Waals surface area contributed by atoms with Crippen molar-refractivity contribution < 1.29 is 18.0 Å². The van der Waals surface area contributed by atoms with Gasteiger partial charge < -0.3 is 10.6 Å². The first-order valence-electron chi connectivity index (χ1n) is 10.1. The monoisotopic (exact) mass is 469 g/mol. The second-order valence-electron chi connectivity index (χ2n) is 7.43. The van der Waals surface area contributed by atoms with Crippen LogP contribution in [0.4, 0.5) is 10.7 Å². The van der Waals surface area contributed by atoms with E-state index < -0.39 is 15.9 Å². The summed E-state index contributed by atoms with van der Waals surface area (Å²) in [5.74, 6) is -0.611. The molecule has 2 aromatic carbocycles. The molecular weight excluding hydrogens is 446 g/mol. The van der Waals surface area contributed by atoms with E-state index in [1.54, 1.807) is 31.3 Å². The van der Waals surface area contributed by atoms with Crippen LogP contribution >= 0.6 is 11.3 Å². The van der Waals surface area contributed by atoms with Gasteiger partial charge in [0.15, 0.2) is 0 Å². The van der Waals surface area contributed by atoms with Gasteiger partial charge in [-0.1, -0.05) is 18.2 Å². The minimum atomic E-state index is -3.76. The molecule has 0 spiro atoms. The van der Waals surface area contributed by atoms with Crippen LogP contribution in [-0.2, 0) is 22.9 Å². The van der Waals surface area contributed by atoms with Crippen molar-refractivity contribution in [2.45, 2.75) is 24.2 Å². The number of amides is 2. The zero-order valence-electron chi connectivity index (χ0n) is 17.7. The van der Waals surface area contributed by atoms with E-state index in [-0.39, 0.29) is 10.8 Å². The fourth-order valence-electron chi connectivity index (χ4n) is 3.75. The summed E-state index contributed by atoms with van der Waals surface area (Å²) < 4.78 is 27.0. The highest BCUT2D eigenvalue weighted by molar-refractivity contribution is 7.92. The quantitative estimate of drug-likeness (QED) is 0.576. The van der Waals surface area contributed by atoms with E-state index in [1.165, 1.54) is 47.0 Å². The summed E-state index contributed by atoms with van der Waals surface area (Å²) in [6.07, 6.45) is 2.74. The topological polar surface area (TPSA) is 95.6 Å². The summed E-state index contributed by atoms with van der Waals surface area (Å²) in [7, 11) is -0.706. The Bertz CT molecular complexity index is 1270. The second kappa shape index (κ2) is 8.76. The minimum absolute atomic E-state index is 0.0848. The largest absolute Gasteiger partial charge is 0.355 e. The highest BCUT2D eigenvalue weighted by Gasteiger charge is 2.27. The number of para-hydroxylation sites is 1. The summed E-state index contributed by atoms with van der Waals surface area (Å²) in [5, 5.41) is 6.01. The van der Waals surface area contributed by atoms with Gasteiger partial charge in [0.1, 0.15) is 5.00 Å². The van der Waals surface area contributed by atoms with Crippen molar-refractivity contribution in [3.63, 3.8) is 0 Å². The van der Waals surface area contributed by atoms with Crippen molar-refractivity contribution >= 4 is 43.9 Å². The smallest absolute Gasteiger partial charge is 0.264 e. The SMILES string of the molecule is CNC(=O)c1c(NC(=O)c2ccc(S(=O)(=O)N(C)c3ccccc3)cc2)sc2c1CCC2. The van der Waals surface area contributed by atoms with Gasteiger partial charge in [-0.3, -0.25) is 13.9 Å². The third-order valence-electron chi connectivity index (χ3n) is 5.50. The molecule has 7 nitrogen and oxygen atoms in total. The van der Waals surface area contributed by atoms with Crippen molar-refractivity contribution in [1.29, 1.82) is 0 Å². The Morgan fingerprint density at radius 2 is 1.66 bits per heavy atom. The number of rotatable bonds is 6. The van der Waals surface area contributed by atoms with Gasteiger partial charge in [0.2, 0.25) is 0 Å². The van der Waals surface area contributed by atoms with E-state index in [9.17, 15) is 18.0 Å². The molecule has 4 rings (SSSR count). The van der Waals surface area contributed by atoms with Crippen molar-refractivity contribution in [2.24, 2.45) is 0 Å². The molecule has 0 bridgehead atoms. The molecule has 0 saturated heterocycles. The van der Waals surface area contributed by atoms with Gasteiger partial charge in [0.25, 0.3) is 21.8 Å². The van der Waals surface area contributed by atoms with Crippen molar-refractivity contribution in [3.8, 4) is 0 Å². The average molecular weight is 470 g/mol. The third-order valence-corrected chi connectivity index (χ3v) is 8.50. The predicted octanol–water partition coefficient (Wildman–Crippen LogP) is 3.67. The summed E-state index contributed by atoms with van der Waals surface area (Å²) >= 11 is 1.43. The Balaban J connectivity index is 1.55. The normalized spacial score (nSPS) is 12.8. The number of thiophene rings is 1. The van der Waals surface area contributed by atoms with E-state index >= 15 is 0 Å². The fourth-order valence-corrected chi connectivity index (χ4v) is 6.22. The first kappa shape index (κ1) is 22.0. The molecule has 166 valence electrons. The number of nitrogens with one attached hydrogen (secondary N) is 2. The zero-order chi connectivity index (χ0) is 22.9. The van der Waals surface area contributed by atoms with Gasteiger partial charge >= 0.3 is 0 Å². The molecule has 1 aliphatic carbocycles. The maximum absolute atomic E-state index is 12.9. The number of fused-ring (bicyclic) bond motifs is 1. The standard InChI is InChI=1S/C23H23N3O4S2/c1-24-22(28)20-18-9-6-10-19(18)31-23(20)25-21(27)15-11-13-17(14-12-15)32(29,30)26(2)16-7-4-3-5-8-16/h3-5,7-8,11-14H,6,9-10H2,1-2H3,(H,24,28)(H,25,27). The van der Waals surface area contributed by atoms with Crippen molar-refractivity contribution in [2.75, 3.05) is 23.7 Å². The number of aryl methyl sites for hydroxylation is 1. The first-order chi connectivity index (χ1) is 15.3. The molecule has 0 atom stereocenters. The van der Waals surface area contributed by atoms with Crippen LogP contribution in [0.3, 0.4) is 0 Å². The Labute approximate surface area is 191 Å². The first-order valence-corrected chi connectivity index (χ1v) is 12.4. The lowest BCUT2D eigenvalue weighted by Crippen LogP contribution is -2.26. The van der Waals surface area contributed by atoms with Gasteiger partial charge in [-0.15, -0.1) is 11.3 Å². The zero-order valence-corrected chi connectivity index (χ0v) is 19.3. The summed E-state index contributed by atoms with van der Waals surface area (Å²) in [4.78, 5) is 26.4. The van der Waals surface area contributed by atoms with Crippen molar-refractivity contribution in [3.05, 3.63) is 76.2 Å². The number of benzene rings is 2. The molecular formula is C23H23N3O4S2.